The number of nitrogens with one attached hydrogen (secondary N) is 1. The maximum Gasteiger partial charge on any atom is 0.286 e. The van der Waals surface area contributed by atoms with Gasteiger partial charge in [0.15, 0.2) is 0 Å². The van der Waals surface area contributed by atoms with E-state index in [-0.39, 0.29) is 22.6 Å². The summed E-state index contributed by atoms with van der Waals surface area (Å²) >= 11 is 0. The molecule has 2 aromatic rings. The van der Waals surface area contributed by atoms with E-state index in [0.29, 0.717) is 17.2 Å². The van der Waals surface area contributed by atoms with E-state index in [1.807, 2.05) is 49.1 Å². The Hall–Kier alpha value is -2.67. The summed E-state index contributed by atoms with van der Waals surface area (Å²) in [5.41, 5.74) is 1.89. The number of carbonyl (C=O) groups excluding carboxylic acids is 1. The standard InChI is InChI=1S/C21H23N3O3S/c1-3-14(2)20-23-28(26,27)19-13-16(22-21(25)15-9-10-15)11-12-18(19)24(20)17-7-5-4-6-8-17/h4-8,11-15H,3,9-10H2,1-2H3,(H,22,25)/t14-/m1/s1. The van der Waals surface area contributed by atoms with Crippen molar-refractivity contribution < 1.29 is 13.2 Å². The zero-order chi connectivity index (χ0) is 19.9. The van der Waals surface area contributed by atoms with Gasteiger partial charge in [0.2, 0.25) is 5.91 Å². The Morgan fingerprint density at radius 3 is 2.57 bits per heavy atom. The van der Waals surface area contributed by atoms with Crippen LogP contribution in [-0.4, -0.2) is 20.2 Å². The number of para-hydroxylation sites is 1. The van der Waals surface area contributed by atoms with Crippen LogP contribution in [0.4, 0.5) is 17.1 Å². The molecular formula is C21H23N3O3S. The minimum Gasteiger partial charge on any atom is -0.326 e. The smallest absolute Gasteiger partial charge is 0.286 e. The summed E-state index contributed by atoms with van der Waals surface area (Å²) in [7, 11) is -3.86. The summed E-state index contributed by atoms with van der Waals surface area (Å²) in [5, 5.41) is 2.82. The fourth-order valence-corrected chi connectivity index (χ4v) is 4.56. The third-order valence-corrected chi connectivity index (χ3v) is 6.51. The number of nitrogens with zero attached hydrogens (tertiary/aromatic N) is 2. The van der Waals surface area contributed by atoms with Gasteiger partial charge in [-0.05, 0) is 49.6 Å². The van der Waals surface area contributed by atoms with Crippen molar-refractivity contribution in [3.8, 4) is 0 Å². The monoisotopic (exact) mass is 397 g/mol. The molecule has 4 rings (SSSR count). The van der Waals surface area contributed by atoms with Gasteiger partial charge < -0.3 is 5.32 Å². The number of hydrogen-bond donors (Lipinski definition) is 1. The van der Waals surface area contributed by atoms with Crippen molar-refractivity contribution in [2.75, 3.05) is 10.2 Å². The first-order valence-electron chi connectivity index (χ1n) is 9.55. The predicted molar refractivity (Wildman–Crippen MR) is 110 cm³/mol. The highest BCUT2D eigenvalue weighted by atomic mass is 32.2. The molecule has 2 aromatic carbocycles. The maximum atomic E-state index is 12.9. The van der Waals surface area contributed by atoms with Crippen LogP contribution in [0.1, 0.15) is 33.1 Å². The number of amides is 1. The molecule has 1 aliphatic heterocycles. The Balaban J connectivity index is 1.83. The zero-order valence-electron chi connectivity index (χ0n) is 15.9. The summed E-state index contributed by atoms with van der Waals surface area (Å²) in [6.45, 7) is 3.98. The average molecular weight is 398 g/mol. The van der Waals surface area contributed by atoms with Crippen molar-refractivity contribution in [1.82, 2.24) is 0 Å². The van der Waals surface area contributed by atoms with Crippen LogP contribution in [0.15, 0.2) is 57.8 Å². The molecule has 0 aromatic heterocycles. The third-order valence-electron chi connectivity index (χ3n) is 5.20. The summed E-state index contributed by atoms with van der Waals surface area (Å²) in [6, 6.07) is 14.6. The minimum atomic E-state index is -3.86. The quantitative estimate of drug-likeness (QED) is 0.815. The molecule has 6 nitrogen and oxygen atoms in total. The van der Waals surface area contributed by atoms with Gasteiger partial charge in [-0.2, -0.15) is 8.42 Å². The fourth-order valence-electron chi connectivity index (χ4n) is 3.25. The van der Waals surface area contributed by atoms with Crippen molar-refractivity contribution in [3.05, 3.63) is 48.5 Å². The number of anilines is 3. The summed E-state index contributed by atoms with van der Waals surface area (Å²) in [4.78, 5) is 14.1. The second-order valence-electron chi connectivity index (χ2n) is 7.35. The number of fused-ring (bicyclic) bond motifs is 1. The number of carbonyl (C=O) groups is 1. The zero-order valence-corrected chi connectivity index (χ0v) is 16.7. The molecule has 0 radical (unpaired) electrons. The van der Waals surface area contributed by atoms with E-state index in [4.69, 9.17) is 0 Å². The molecule has 0 spiro atoms. The predicted octanol–water partition coefficient (Wildman–Crippen LogP) is 4.32. The Morgan fingerprint density at radius 1 is 1.21 bits per heavy atom. The Bertz CT molecular complexity index is 1040. The first kappa shape index (κ1) is 18.7. The van der Waals surface area contributed by atoms with Gasteiger partial charge in [-0.25, -0.2) is 0 Å². The second-order valence-corrected chi connectivity index (χ2v) is 8.92. The molecule has 0 bridgehead atoms. The van der Waals surface area contributed by atoms with E-state index >= 15 is 0 Å². The van der Waals surface area contributed by atoms with E-state index in [1.54, 1.807) is 12.1 Å². The third kappa shape index (κ3) is 3.42. The lowest BCUT2D eigenvalue weighted by molar-refractivity contribution is -0.117. The average Bonchev–Trinajstić information content (AvgIpc) is 3.53. The number of rotatable bonds is 5. The molecule has 1 amide bonds. The highest BCUT2D eigenvalue weighted by molar-refractivity contribution is 7.90. The van der Waals surface area contributed by atoms with Gasteiger partial charge >= 0.3 is 0 Å². The van der Waals surface area contributed by atoms with Gasteiger partial charge in [0.25, 0.3) is 10.0 Å². The lowest BCUT2D eigenvalue weighted by Crippen LogP contribution is -2.36. The van der Waals surface area contributed by atoms with Gasteiger partial charge in [0, 0.05) is 23.2 Å². The van der Waals surface area contributed by atoms with E-state index in [9.17, 15) is 13.2 Å². The largest absolute Gasteiger partial charge is 0.326 e. The minimum absolute atomic E-state index is 0.0302. The molecular weight excluding hydrogens is 374 g/mol. The van der Waals surface area contributed by atoms with Crippen molar-refractivity contribution >= 4 is 38.8 Å². The van der Waals surface area contributed by atoms with Gasteiger partial charge in [0.1, 0.15) is 10.7 Å². The van der Waals surface area contributed by atoms with Crippen LogP contribution < -0.4 is 10.2 Å². The maximum absolute atomic E-state index is 12.9. The van der Waals surface area contributed by atoms with Crippen molar-refractivity contribution in [2.24, 2.45) is 16.2 Å². The van der Waals surface area contributed by atoms with Crippen molar-refractivity contribution in [2.45, 2.75) is 38.0 Å². The number of amidine groups is 1. The molecule has 28 heavy (non-hydrogen) atoms. The molecule has 1 fully saturated rings. The number of sulfonamides is 1. The van der Waals surface area contributed by atoms with Crippen molar-refractivity contribution in [1.29, 1.82) is 0 Å². The van der Waals surface area contributed by atoms with Crippen LogP contribution in [0.5, 0.6) is 0 Å². The molecule has 1 aliphatic carbocycles. The van der Waals surface area contributed by atoms with E-state index in [1.165, 1.54) is 6.07 Å². The van der Waals surface area contributed by atoms with Crippen LogP contribution in [0.3, 0.4) is 0 Å². The molecule has 0 saturated heterocycles. The van der Waals surface area contributed by atoms with E-state index in [0.717, 1.165) is 24.9 Å². The van der Waals surface area contributed by atoms with Gasteiger partial charge in [-0.1, -0.05) is 32.0 Å². The van der Waals surface area contributed by atoms with Crippen LogP contribution in [0.25, 0.3) is 0 Å². The molecule has 1 heterocycles. The topological polar surface area (TPSA) is 78.8 Å². The Morgan fingerprint density at radius 2 is 1.93 bits per heavy atom. The molecule has 2 aliphatic rings. The first-order valence-corrected chi connectivity index (χ1v) is 11.0. The first-order chi connectivity index (χ1) is 13.4. The highest BCUT2D eigenvalue weighted by Gasteiger charge is 2.35. The van der Waals surface area contributed by atoms with Crippen molar-refractivity contribution in [3.63, 3.8) is 0 Å². The second kappa shape index (κ2) is 7.05. The lowest BCUT2D eigenvalue weighted by atomic mass is 10.1. The Labute approximate surface area is 165 Å². The van der Waals surface area contributed by atoms with E-state index in [2.05, 4.69) is 9.71 Å². The molecule has 146 valence electrons. The fraction of sp³-hybridized carbons (Fsp3) is 0.333. The lowest BCUT2D eigenvalue weighted by Gasteiger charge is -2.33. The summed E-state index contributed by atoms with van der Waals surface area (Å²) in [6.07, 6.45) is 2.54. The Kier molecular flexibility index (Phi) is 4.71. The van der Waals surface area contributed by atoms with Gasteiger partial charge in [-0.3, -0.25) is 9.69 Å². The highest BCUT2D eigenvalue weighted by Crippen LogP contribution is 2.40. The SMILES string of the molecule is CC[C@@H](C)C1=NS(=O)(=O)c2cc(NC(=O)C3CC3)ccc2N1c1ccccc1. The van der Waals surface area contributed by atoms with Gasteiger partial charge in [-0.15, -0.1) is 4.40 Å². The summed E-state index contributed by atoms with van der Waals surface area (Å²) in [5.74, 6) is 0.466. The van der Waals surface area contributed by atoms with Crippen LogP contribution in [0.2, 0.25) is 0 Å². The number of benzene rings is 2. The molecule has 1 saturated carbocycles. The van der Waals surface area contributed by atoms with Crippen LogP contribution >= 0.6 is 0 Å². The normalized spacial score (nSPS) is 18.8. The molecule has 0 unspecified atom stereocenters. The number of hydrogen-bond acceptors (Lipinski definition) is 4. The van der Waals surface area contributed by atoms with Gasteiger partial charge in [0.05, 0.1) is 5.69 Å². The molecule has 7 heteroatoms. The van der Waals surface area contributed by atoms with E-state index < -0.39 is 10.0 Å². The van der Waals surface area contributed by atoms with Crippen LogP contribution in [0, 0.1) is 11.8 Å². The molecule has 1 N–H and O–H groups in total. The summed E-state index contributed by atoms with van der Waals surface area (Å²) < 4.78 is 30.0. The van der Waals surface area contributed by atoms with Crippen LogP contribution in [-0.2, 0) is 14.8 Å². The molecule has 1 atom stereocenters.